The first kappa shape index (κ1) is 13.4. The van der Waals surface area contributed by atoms with Crippen LogP contribution in [0.15, 0.2) is 36.4 Å². The lowest BCUT2D eigenvalue weighted by Gasteiger charge is -2.15. The van der Waals surface area contributed by atoms with Gasteiger partial charge in [0.15, 0.2) is 0 Å². The average molecular weight is 376 g/mol. The van der Waals surface area contributed by atoms with Crippen molar-refractivity contribution in [1.82, 2.24) is 4.98 Å². The van der Waals surface area contributed by atoms with E-state index >= 15 is 0 Å². The summed E-state index contributed by atoms with van der Waals surface area (Å²) >= 11 is 2.30. The van der Waals surface area contributed by atoms with Crippen LogP contribution in [0.25, 0.3) is 21.8 Å². The molecule has 0 aliphatic carbocycles. The van der Waals surface area contributed by atoms with Gasteiger partial charge in [-0.3, -0.25) is 0 Å². The third-order valence-electron chi connectivity index (χ3n) is 3.39. The van der Waals surface area contributed by atoms with Gasteiger partial charge in [-0.05, 0) is 59.0 Å². The first-order chi connectivity index (χ1) is 9.60. The molecular weight excluding hydrogens is 361 g/mol. The van der Waals surface area contributed by atoms with Gasteiger partial charge in [0.2, 0.25) is 0 Å². The van der Waals surface area contributed by atoms with Crippen molar-refractivity contribution in [2.24, 2.45) is 0 Å². The second-order valence-corrected chi connectivity index (χ2v) is 6.15. The first-order valence-corrected chi connectivity index (χ1v) is 7.42. The van der Waals surface area contributed by atoms with Gasteiger partial charge in [0.1, 0.15) is 5.75 Å². The smallest absolute Gasteiger partial charge is 0.137 e. The Balaban J connectivity index is 2.42. The van der Waals surface area contributed by atoms with Gasteiger partial charge in [0.05, 0.1) is 18.1 Å². The summed E-state index contributed by atoms with van der Waals surface area (Å²) < 4.78 is 6.83. The van der Waals surface area contributed by atoms with Gasteiger partial charge in [-0.2, -0.15) is 0 Å². The second kappa shape index (κ2) is 5.09. The highest BCUT2D eigenvalue weighted by Crippen LogP contribution is 2.35. The summed E-state index contributed by atoms with van der Waals surface area (Å²) in [6.07, 6.45) is 0. The summed E-state index contributed by atoms with van der Waals surface area (Å²) in [6.45, 7) is 0. The minimum atomic E-state index is 0.894. The van der Waals surface area contributed by atoms with Gasteiger partial charge < -0.3 is 9.64 Å². The number of rotatable bonds is 2. The Labute approximate surface area is 131 Å². The quantitative estimate of drug-likeness (QED) is 0.498. The van der Waals surface area contributed by atoms with Crippen molar-refractivity contribution >= 4 is 50.1 Å². The topological polar surface area (TPSA) is 25.4 Å². The Hall–Kier alpha value is -1.56. The van der Waals surface area contributed by atoms with Crippen LogP contribution in [0.1, 0.15) is 0 Å². The Morgan fingerprint density at radius 3 is 2.50 bits per heavy atom. The van der Waals surface area contributed by atoms with Crippen LogP contribution in [0.2, 0.25) is 0 Å². The molecule has 0 unspecified atom stereocenters. The molecule has 1 heterocycles. The highest BCUT2D eigenvalue weighted by atomic mass is 125. The van der Waals surface area contributed by atoms with E-state index in [4.69, 9.17) is 9.72 Å². The van der Waals surface area contributed by atoms with E-state index in [1.807, 2.05) is 20.2 Å². The van der Waals surface area contributed by atoms with Crippen LogP contribution < -0.4 is 9.64 Å². The molecule has 3 nitrogen and oxygen atoms in total. The highest BCUT2D eigenvalue weighted by Gasteiger charge is 2.11. The molecule has 2 aromatic carbocycles. The number of hydrogen-bond acceptors (Lipinski definition) is 3. The number of pyridine rings is 1. The van der Waals surface area contributed by atoms with E-state index in [1.54, 1.807) is 7.11 Å². The zero-order valence-electron chi connectivity index (χ0n) is 11.6. The number of ether oxygens (including phenoxy) is 1. The van der Waals surface area contributed by atoms with Crippen LogP contribution in [0, 0.1) is 3.57 Å². The minimum absolute atomic E-state index is 0.894. The Bertz CT molecular complexity index is 799. The predicted molar refractivity (Wildman–Crippen MR) is 92.8 cm³/mol. The molecule has 0 aliphatic heterocycles. The molecule has 0 fully saturated rings. The number of fused-ring (bicyclic) bond motifs is 2. The molecule has 0 aliphatic rings. The van der Waals surface area contributed by atoms with Crippen molar-refractivity contribution in [3.63, 3.8) is 0 Å². The average Bonchev–Trinajstić information content (AvgIpc) is 2.43. The van der Waals surface area contributed by atoms with Gasteiger partial charge in [-0.25, -0.2) is 4.98 Å². The largest absolute Gasteiger partial charge is 0.495 e. The fourth-order valence-corrected chi connectivity index (χ4v) is 2.84. The van der Waals surface area contributed by atoms with Gasteiger partial charge >= 0.3 is 0 Å². The lowest BCUT2D eigenvalue weighted by molar-refractivity contribution is 0.424. The Morgan fingerprint density at radius 2 is 1.80 bits per heavy atom. The van der Waals surface area contributed by atoms with Crippen LogP contribution in [-0.2, 0) is 0 Å². The molecule has 0 saturated heterocycles. The van der Waals surface area contributed by atoms with Gasteiger partial charge in [-0.15, -0.1) is 0 Å². The van der Waals surface area contributed by atoms with Crippen molar-refractivity contribution in [1.29, 1.82) is 0 Å². The van der Waals surface area contributed by atoms with Crippen LogP contribution in [0.3, 0.4) is 0 Å². The third-order valence-corrected chi connectivity index (χ3v) is 4.06. The van der Waals surface area contributed by atoms with Crippen molar-refractivity contribution in [3.8, 4) is 5.75 Å². The van der Waals surface area contributed by atoms with Crippen molar-refractivity contribution in [3.05, 3.63) is 40.0 Å². The summed E-state index contributed by atoms with van der Waals surface area (Å²) in [5.74, 6) is 0.894. The Morgan fingerprint density at radius 1 is 1.00 bits per heavy atom. The van der Waals surface area contributed by atoms with Gasteiger partial charge in [0, 0.05) is 34.1 Å². The van der Waals surface area contributed by atoms with Crippen molar-refractivity contribution in [2.75, 3.05) is 26.1 Å². The molecule has 0 radical (unpaired) electrons. The van der Waals surface area contributed by atoms with Crippen molar-refractivity contribution < 1.29 is 4.74 Å². The van der Waals surface area contributed by atoms with E-state index in [-0.39, 0.29) is 0 Å². The molecule has 3 rings (SSSR count). The van der Waals surface area contributed by atoms with E-state index in [2.05, 4.69) is 57.8 Å². The maximum atomic E-state index is 5.65. The third kappa shape index (κ3) is 2.18. The molecular formula is C16H15IN2O. The fraction of sp³-hybridized carbons (Fsp3) is 0.188. The fourth-order valence-electron chi connectivity index (χ4n) is 2.37. The highest BCUT2D eigenvalue weighted by molar-refractivity contribution is 14.1. The normalized spacial score (nSPS) is 11.0. The molecule has 0 bridgehead atoms. The minimum Gasteiger partial charge on any atom is -0.495 e. The van der Waals surface area contributed by atoms with Gasteiger partial charge in [0.25, 0.3) is 0 Å². The SMILES string of the molecule is COc1c2ccc([125I])cc2nc2ccc(N(C)C)cc12. The molecule has 3 aromatic rings. The molecule has 0 spiro atoms. The number of nitrogens with zero attached hydrogens (tertiary/aromatic N) is 2. The Kier molecular flexibility index (Phi) is 3.41. The molecule has 0 atom stereocenters. The van der Waals surface area contributed by atoms with E-state index < -0.39 is 0 Å². The monoisotopic (exact) mass is 376 g/mol. The zero-order valence-corrected chi connectivity index (χ0v) is 13.8. The first-order valence-electron chi connectivity index (χ1n) is 6.34. The number of hydrogen-bond donors (Lipinski definition) is 0. The summed E-state index contributed by atoms with van der Waals surface area (Å²) in [7, 11) is 5.78. The van der Waals surface area contributed by atoms with E-state index in [9.17, 15) is 0 Å². The zero-order chi connectivity index (χ0) is 14.3. The van der Waals surface area contributed by atoms with Crippen LogP contribution >= 0.6 is 22.6 Å². The van der Waals surface area contributed by atoms with Crippen LogP contribution in [-0.4, -0.2) is 26.2 Å². The van der Waals surface area contributed by atoms with Crippen LogP contribution in [0.5, 0.6) is 5.75 Å². The summed E-state index contributed by atoms with van der Waals surface area (Å²) in [6, 6.07) is 12.5. The summed E-state index contributed by atoms with van der Waals surface area (Å²) in [5, 5.41) is 2.10. The van der Waals surface area contributed by atoms with Crippen LogP contribution in [0.4, 0.5) is 5.69 Å². The molecule has 0 amide bonds. The molecule has 102 valence electrons. The molecule has 4 heteroatoms. The summed E-state index contributed by atoms with van der Waals surface area (Å²) in [4.78, 5) is 6.82. The van der Waals surface area contributed by atoms with E-state index in [1.165, 1.54) is 3.57 Å². The number of anilines is 1. The molecule has 0 N–H and O–H groups in total. The number of aromatic nitrogens is 1. The number of benzene rings is 2. The molecule has 0 saturated carbocycles. The standard InChI is InChI=1S/C16H15IN2O/c1-19(2)11-5-7-14-13(9-11)16(20-3)12-6-4-10(17)8-15(12)18-14/h4-9H,1-3H3/i17-2. The van der Waals surface area contributed by atoms with Crippen molar-refractivity contribution in [2.45, 2.75) is 0 Å². The lowest BCUT2D eigenvalue weighted by Crippen LogP contribution is -2.08. The number of methoxy groups -OCH3 is 1. The maximum Gasteiger partial charge on any atom is 0.137 e. The maximum absolute atomic E-state index is 5.65. The van der Waals surface area contributed by atoms with E-state index in [0.29, 0.717) is 0 Å². The predicted octanol–water partition coefficient (Wildman–Crippen LogP) is 4.07. The number of halogens is 1. The van der Waals surface area contributed by atoms with Gasteiger partial charge in [-0.1, -0.05) is 0 Å². The molecule has 1 aromatic heterocycles. The summed E-state index contributed by atoms with van der Waals surface area (Å²) in [5.41, 5.74) is 3.07. The molecule has 20 heavy (non-hydrogen) atoms. The second-order valence-electron chi connectivity index (χ2n) is 4.90. The lowest BCUT2D eigenvalue weighted by atomic mass is 10.1. The van der Waals surface area contributed by atoms with E-state index in [0.717, 1.165) is 33.2 Å².